The molecule has 1 aliphatic heterocycles. The van der Waals surface area contributed by atoms with Crippen LogP contribution in [-0.2, 0) is 4.79 Å². The lowest BCUT2D eigenvalue weighted by Crippen LogP contribution is -2.28. The molecule has 1 fully saturated rings. The molecule has 1 aliphatic rings. The monoisotopic (exact) mass is 400 g/mol. The van der Waals surface area contributed by atoms with Crippen LogP contribution in [0.15, 0.2) is 82.7 Å². The number of aromatic hydroxyl groups is 1. The molecule has 0 radical (unpaired) electrons. The zero-order valence-electron chi connectivity index (χ0n) is 16.2. The van der Waals surface area contributed by atoms with Crippen LogP contribution in [0.3, 0.4) is 0 Å². The molecule has 4 nitrogen and oxygen atoms in total. The zero-order chi connectivity index (χ0) is 20.4. The Bertz CT molecular complexity index is 1130. The molecular weight excluding hydrogens is 380 g/mol. The SMILES string of the molecule is Cc1cccc(N=C2S/C(=C\c3ccc(O)cc3)C(=O)N2c2cccc(C)c2)c1. The third-order valence-electron chi connectivity index (χ3n) is 4.48. The Morgan fingerprint density at radius 1 is 0.931 bits per heavy atom. The highest BCUT2D eigenvalue weighted by Crippen LogP contribution is 2.37. The zero-order valence-corrected chi connectivity index (χ0v) is 17.0. The van der Waals surface area contributed by atoms with Gasteiger partial charge in [0.15, 0.2) is 5.17 Å². The Balaban J connectivity index is 1.78. The first-order valence-corrected chi connectivity index (χ1v) is 10.1. The molecule has 0 unspecified atom stereocenters. The number of carbonyl (C=O) groups excluding carboxylic acids is 1. The molecule has 1 saturated heterocycles. The molecule has 5 heteroatoms. The van der Waals surface area contributed by atoms with E-state index >= 15 is 0 Å². The van der Waals surface area contributed by atoms with Gasteiger partial charge in [-0.05, 0) is 84.8 Å². The van der Waals surface area contributed by atoms with Crippen molar-refractivity contribution in [2.24, 2.45) is 4.99 Å². The van der Waals surface area contributed by atoms with Gasteiger partial charge in [0, 0.05) is 0 Å². The molecule has 144 valence electrons. The summed E-state index contributed by atoms with van der Waals surface area (Å²) in [6.45, 7) is 4.02. The number of amidine groups is 1. The van der Waals surface area contributed by atoms with Gasteiger partial charge in [0.2, 0.25) is 0 Å². The van der Waals surface area contributed by atoms with E-state index in [2.05, 4.69) is 0 Å². The van der Waals surface area contributed by atoms with Crippen molar-refractivity contribution in [1.29, 1.82) is 0 Å². The van der Waals surface area contributed by atoms with Crippen molar-refractivity contribution in [1.82, 2.24) is 0 Å². The summed E-state index contributed by atoms with van der Waals surface area (Å²) in [7, 11) is 0. The molecule has 0 spiro atoms. The normalized spacial score (nSPS) is 16.8. The maximum Gasteiger partial charge on any atom is 0.271 e. The molecule has 29 heavy (non-hydrogen) atoms. The van der Waals surface area contributed by atoms with Crippen LogP contribution in [0, 0.1) is 13.8 Å². The van der Waals surface area contributed by atoms with Crippen LogP contribution in [0.5, 0.6) is 5.75 Å². The second kappa shape index (κ2) is 7.97. The Hall–Kier alpha value is -3.31. The van der Waals surface area contributed by atoms with E-state index in [1.165, 1.54) is 11.8 Å². The summed E-state index contributed by atoms with van der Waals surface area (Å²) in [4.78, 5) is 20.3. The number of phenols is 1. The second-order valence-electron chi connectivity index (χ2n) is 6.92. The predicted octanol–water partition coefficient (Wildman–Crippen LogP) is 5.82. The smallest absolute Gasteiger partial charge is 0.271 e. The van der Waals surface area contributed by atoms with E-state index < -0.39 is 0 Å². The van der Waals surface area contributed by atoms with E-state index in [-0.39, 0.29) is 11.7 Å². The summed E-state index contributed by atoms with van der Waals surface area (Å²) in [6.07, 6.45) is 1.83. The Kier molecular flexibility index (Phi) is 5.23. The van der Waals surface area contributed by atoms with Gasteiger partial charge in [0.05, 0.1) is 16.3 Å². The fourth-order valence-corrected chi connectivity index (χ4v) is 4.07. The number of amides is 1. The maximum absolute atomic E-state index is 13.3. The highest BCUT2D eigenvalue weighted by Gasteiger charge is 2.34. The minimum atomic E-state index is -0.111. The quantitative estimate of drug-likeness (QED) is 0.564. The highest BCUT2D eigenvalue weighted by molar-refractivity contribution is 8.19. The number of aliphatic imine (C=N–C) groups is 1. The largest absolute Gasteiger partial charge is 0.508 e. The maximum atomic E-state index is 13.3. The van der Waals surface area contributed by atoms with Crippen LogP contribution in [-0.4, -0.2) is 16.2 Å². The highest BCUT2D eigenvalue weighted by atomic mass is 32.2. The van der Waals surface area contributed by atoms with Crippen molar-refractivity contribution in [3.63, 3.8) is 0 Å². The molecule has 1 heterocycles. The number of aryl methyl sites for hydroxylation is 2. The summed E-state index contributed by atoms with van der Waals surface area (Å²) < 4.78 is 0. The van der Waals surface area contributed by atoms with E-state index in [4.69, 9.17) is 4.99 Å². The first-order chi connectivity index (χ1) is 14.0. The third kappa shape index (κ3) is 4.25. The van der Waals surface area contributed by atoms with Crippen LogP contribution in [0.4, 0.5) is 11.4 Å². The van der Waals surface area contributed by atoms with Crippen LogP contribution < -0.4 is 4.90 Å². The van der Waals surface area contributed by atoms with Crippen LogP contribution in [0.2, 0.25) is 0 Å². The van der Waals surface area contributed by atoms with Gasteiger partial charge in [-0.25, -0.2) is 4.99 Å². The minimum Gasteiger partial charge on any atom is -0.508 e. The number of anilines is 1. The van der Waals surface area contributed by atoms with Gasteiger partial charge in [-0.15, -0.1) is 0 Å². The number of rotatable bonds is 3. The molecule has 0 aromatic heterocycles. The summed E-state index contributed by atoms with van der Waals surface area (Å²) in [5.74, 6) is 0.0840. The Morgan fingerprint density at radius 3 is 2.31 bits per heavy atom. The molecule has 3 aromatic rings. The summed E-state index contributed by atoms with van der Waals surface area (Å²) in [5, 5.41) is 10.1. The molecular formula is C24H20N2O2S. The molecule has 0 atom stereocenters. The summed E-state index contributed by atoms with van der Waals surface area (Å²) in [6, 6.07) is 22.5. The van der Waals surface area contributed by atoms with Crippen molar-refractivity contribution >= 4 is 40.3 Å². The lowest BCUT2D eigenvalue weighted by atomic mass is 10.2. The van der Waals surface area contributed by atoms with E-state index in [1.54, 1.807) is 29.2 Å². The average Bonchev–Trinajstić information content (AvgIpc) is 2.98. The molecule has 1 amide bonds. The molecule has 1 N–H and O–H groups in total. The van der Waals surface area contributed by atoms with E-state index in [0.29, 0.717) is 10.1 Å². The molecule has 4 rings (SSSR count). The number of hydrogen-bond donors (Lipinski definition) is 1. The van der Waals surface area contributed by atoms with E-state index in [9.17, 15) is 9.90 Å². The fraction of sp³-hybridized carbons (Fsp3) is 0.0833. The van der Waals surface area contributed by atoms with Crippen molar-refractivity contribution in [2.45, 2.75) is 13.8 Å². The van der Waals surface area contributed by atoms with Gasteiger partial charge in [-0.1, -0.05) is 36.4 Å². The number of phenolic OH excluding ortho intramolecular Hbond substituents is 1. The molecule has 0 saturated carbocycles. The van der Waals surface area contributed by atoms with Crippen molar-refractivity contribution in [3.8, 4) is 5.75 Å². The van der Waals surface area contributed by atoms with Gasteiger partial charge in [-0.3, -0.25) is 9.69 Å². The van der Waals surface area contributed by atoms with E-state index in [1.807, 2.05) is 68.5 Å². The van der Waals surface area contributed by atoms with Gasteiger partial charge < -0.3 is 5.11 Å². The predicted molar refractivity (Wildman–Crippen MR) is 121 cm³/mol. The van der Waals surface area contributed by atoms with Crippen molar-refractivity contribution in [3.05, 3.63) is 94.4 Å². The van der Waals surface area contributed by atoms with Gasteiger partial charge in [0.25, 0.3) is 5.91 Å². The summed E-state index contributed by atoms with van der Waals surface area (Å²) >= 11 is 1.35. The second-order valence-corrected chi connectivity index (χ2v) is 7.92. The van der Waals surface area contributed by atoms with Gasteiger partial charge in [0.1, 0.15) is 5.75 Å². The van der Waals surface area contributed by atoms with Gasteiger partial charge in [-0.2, -0.15) is 0 Å². The molecule has 3 aromatic carbocycles. The number of hydrogen-bond acceptors (Lipinski definition) is 4. The van der Waals surface area contributed by atoms with Crippen molar-refractivity contribution in [2.75, 3.05) is 4.90 Å². The lowest BCUT2D eigenvalue weighted by Gasteiger charge is -2.16. The average molecular weight is 401 g/mol. The minimum absolute atomic E-state index is 0.111. The third-order valence-corrected chi connectivity index (χ3v) is 5.45. The lowest BCUT2D eigenvalue weighted by molar-refractivity contribution is -0.113. The van der Waals surface area contributed by atoms with Crippen molar-refractivity contribution < 1.29 is 9.90 Å². The van der Waals surface area contributed by atoms with E-state index in [0.717, 1.165) is 28.1 Å². The Labute approximate surface area is 174 Å². The molecule has 0 bridgehead atoms. The van der Waals surface area contributed by atoms with Crippen LogP contribution >= 0.6 is 11.8 Å². The number of carbonyl (C=O) groups is 1. The fourth-order valence-electron chi connectivity index (χ4n) is 3.07. The standard InChI is InChI=1S/C24H20N2O2S/c1-16-5-3-7-19(13-16)25-24-26(20-8-4-6-17(2)14-20)23(28)22(29-24)15-18-9-11-21(27)12-10-18/h3-15,27H,1-2H3/b22-15-,25-24?. The molecule has 0 aliphatic carbocycles. The van der Waals surface area contributed by atoms with Gasteiger partial charge >= 0.3 is 0 Å². The summed E-state index contributed by atoms with van der Waals surface area (Å²) in [5.41, 5.74) is 4.64. The first kappa shape index (κ1) is 19.0. The van der Waals surface area contributed by atoms with Crippen LogP contribution in [0.25, 0.3) is 6.08 Å². The number of thioether (sulfide) groups is 1. The topological polar surface area (TPSA) is 52.9 Å². The number of nitrogens with zero attached hydrogens (tertiary/aromatic N) is 2. The van der Waals surface area contributed by atoms with Crippen LogP contribution in [0.1, 0.15) is 16.7 Å². The number of benzene rings is 3. The Morgan fingerprint density at radius 2 is 1.62 bits per heavy atom. The first-order valence-electron chi connectivity index (χ1n) is 9.25.